The number of nitrogens with zero attached hydrogens (tertiary/aromatic N) is 10. The zero-order valence-electron chi connectivity index (χ0n) is 13.2. The molecular formula is C12H14N12OS. The number of aromatic nitrogens is 12. The van der Waals surface area contributed by atoms with Crippen LogP contribution in [-0.4, -0.2) is 60.3 Å². The fourth-order valence-electron chi connectivity index (χ4n) is 0.881. The number of aromatic amines is 2. The van der Waals surface area contributed by atoms with Gasteiger partial charge in [0.15, 0.2) is 12.7 Å². The topological polar surface area (TPSA) is 174 Å². The maximum Gasteiger partial charge on any atom is 0.213 e. The molecule has 5 aromatic heterocycles. The second-order valence-electron chi connectivity index (χ2n) is 3.40. The minimum absolute atomic E-state index is 1.26. The molecule has 0 amide bonds. The van der Waals surface area contributed by atoms with Crippen molar-refractivity contribution in [1.29, 1.82) is 0 Å². The molecule has 2 N–H and O–H groups in total. The number of tetrazole rings is 1. The van der Waals surface area contributed by atoms with Gasteiger partial charge < -0.3 is 4.52 Å². The van der Waals surface area contributed by atoms with Gasteiger partial charge in [0.25, 0.3) is 0 Å². The van der Waals surface area contributed by atoms with Gasteiger partial charge >= 0.3 is 0 Å². The standard InChI is InChI=1S/C5H5N.C2H3N3.C2H2N2O.C2H2N2S.CH2N4/c1-2-4-6-5-3-1;3*1-3-2-5-4-1;1-2-4-5-3-1/h1-5H;1-2H,(H,3,4,5);2*1-2H;1H,(H,2,3,4,5). The number of pyridine rings is 1. The van der Waals surface area contributed by atoms with E-state index in [1.807, 2.05) is 18.2 Å². The lowest BCUT2D eigenvalue weighted by atomic mass is 10.5. The van der Waals surface area contributed by atoms with Crippen LogP contribution >= 0.6 is 11.5 Å². The first kappa shape index (κ1) is 20.1. The van der Waals surface area contributed by atoms with Gasteiger partial charge in [-0.3, -0.25) is 10.1 Å². The zero-order valence-corrected chi connectivity index (χ0v) is 14.0. The Morgan fingerprint density at radius 3 is 1.92 bits per heavy atom. The minimum Gasteiger partial charge on any atom is -0.343 e. The second kappa shape index (κ2) is 17.4. The summed E-state index contributed by atoms with van der Waals surface area (Å²) in [5, 5.41) is 21.4. The summed E-state index contributed by atoms with van der Waals surface area (Å²) in [6.07, 6.45) is 11.9. The average Bonchev–Trinajstić information content (AvgIpc) is 3.56. The molecule has 0 aromatic carbocycles. The fourth-order valence-corrected chi connectivity index (χ4v) is 1.15. The molecule has 0 aliphatic rings. The Morgan fingerprint density at radius 1 is 0.808 bits per heavy atom. The predicted octanol–water partition coefficient (Wildman–Crippen LogP) is 0.694. The highest BCUT2D eigenvalue weighted by atomic mass is 32.1. The van der Waals surface area contributed by atoms with Crippen LogP contribution in [-0.2, 0) is 0 Å². The van der Waals surface area contributed by atoms with Gasteiger partial charge in [0.05, 0.1) is 0 Å². The Kier molecular flexibility index (Phi) is 13.5. The molecule has 0 unspecified atom stereocenters. The summed E-state index contributed by atoms with van der Waals surface area (Å²) in [7, 11) is 0. The Bertz CT molecular complexity index is 546. The molecule has 26 heavy (non-hydrogen) atoms. The average molecular weight is 374 g/mol. The minimum atomic E-state index is 1.26. The normalized spacial score (nSPS) is 8.00. The Balaban J connectivity index is 0.000000163. The van der Waals surface area contributed by atoms with E-state index in [1.165, 1.54) is 49.6 Å². The van der Waals surface area contributed by atoms with Crippen LogP contribution in [0.3, 0.4) is 0 Å². The van der Waals surface area contributed by atoms with Gasteiger partial charge in [-0.05, 0) is 23.7 Å². The van der Waals surface area contributed by atoms with E-state index in [9.17, 15) is 0 Å². The molecular weight excluding hydrogens is 360 g/mol. The molecule has 5 aromatic rings. The lowest BCUT2D eigenvalue weighted by Crippen LogP contribution is -1.64. The molecule has 0 bridgehead atoms. The van der Waals surface area contributed by atoms with Gasteiger partial charge in [0.1, 0.15) is 24.5 Å². The summed E-state index contributed by atoms with van der Waals surface area (Å²) in [6, 6.07) is 5.72. The van der Waals surface area contributed by atoms with E-state index in [0.29, 0.717) is 0 Å². The van der Waals surface area contributed by atoms with Crippen molar-refractivity contribution in [2.75, 3.05) is 0 Å². The molecule has 0 radical (unpaired) electrons. The zero-order chi connectivity index (χ0) is 18.4. The van der Waals surface area contributed by atoms with Crippen LogP contribution in [0.25, 0.3) is 0 Å². The van der Waals surface area contributed by atoms with Crippen molar-refractivity contribution in [2.24, 2.45) is 0 Å². The molecule has 5 rings (SSSR count). The van der Waals surface area contributed by atoms with E-state index in [2.05, 4.69) is 64.8 Å². The first-order chi connectivity index (χ1) is 13.0. The van der Waals surface area contributed by atoms with Crippen LogP contribution in [0, 0.1) is 0 Å². The molecule has 0 fully saturated rings. The lowest BCUT2D eigenvalue weighted by Gasteiger charge is -1.70. The first-order valence-corrected chi connectivity index (χ1v) is 7.52. The van der Waals surface area contributed by atoms with Crippen molar-refractivity contribution in [3.05, 3.63) is 74.1 Å². The van der Waals surface area contributed by atoms with Gasteiger partial charge in [-0.2, -0.15) is 14.7 Å². The monoisotopic (exact) mass is 374 g/mol. The van der Waals surface area contributed by atoms with Gasteiger partial charge in [0.2, 0.25) is 6.39 Å². The Morgan fingerprint density at radius 2 is 1.73 bits per heavy atom. The van der Waals surface area contributed by atoms with E-state index in [0.717, 1.165) is 0 Å². The van der Waals surface area contributed by atoms with Gasteiger partial charge in [-0.15, -0.1) is 10.2 Å². The third kappa shape index (κ3) is 15.0. The van der Waals surface area contributed by atoms with E-state index in [4.69, 9.17) is 0 Å². The van der Waals surface area contributed by atoms with Crippen LogP contribution in [0.2, 0.25) is 0 Å². The highest BCUT2D eigenvalue weighted by molar-refractivity contribution is 7.03. The van der Waals surface area contributed by atoms with Crippen LogP contribution in [0.1, 0.15) is 0 Å². The van der Waals surface area contributed by atoms with Crippen molar-refractivity contribution in [3.63, 3.8) is 0 Å². The largest absolute Gasteiger partial charge is 0.343 e. The summed E-state index contributed by atoms with van der Waals surface area (Å²) < 4.78 is 7.88. The third-order valence-electron chi connectivity index (χ3n) is 1.73. The maximum atomic E-state index is 4.22. The summed E-state index contributed by atoms with van der Waals surface area (Å²) >= 11 is 1.35. The smallest absolute Gasteiger partial charge is 0.213 e. The number of rotatable bonds is 0. The second-order valence-corrected chi connectivity index (χ2v) is 4.03. The first-order valence-electron chi connectivity index (χ1n) is 6.69. The van der Waals surface area contributed by atoms with Crippen molar-refractivity contribution in [3.8, 4) is 0 Å². The van der Waals surface area contributed by atoms with Gasteiger partial charge in [-0.25, -0.2) is 15.0 Å². The van der Waals surface area contributed by atoms with E-state index in [1.54, 1.807) is 17.9 Å². The van der Waals surface area contributed by atoms with Crippen molar-refractivity contribution < 1.29 is 4.52 Å². The maximum absolute atomic E-state index is 4.22. The molecule has 14 heteroatoms. The van der Waals surface area contributed by atoms with E-state index in [-0.39, 0.29) is 0 Å². The Hall–Kier alpha value is -3.94. The lowest BCUT2D eigenvalue weighted by molar-refractivity contribution is 0.416. The molecule has 134 valence electrons. The molecule has 0 saturated carbocycles. The van der Waals surface area contributed by atoms with Gasteiger partial charge in [-0.1, -0.05) is 16.4 Å². The fraction of sp³-hybridized carbons (Fsp3) is 0. The molecule has 13 nitrogen and oxygen atoms in total. The predicted molar refractivity (Wildman–Crippen MR) is 89.0 cm³/mol. The number of hydrogen-bond donors (Lipinski definition) is 2. The number of nitrogens with one attached hydrogen (secondary N) is 2. The third-order valence-corrected chi connectivity index (χ3v) is 2.16. The summed E-state index contributed by atoms with van der Waals surface area (Å²) in [5.41, 5.74) is 1.68. The Labute approximate surface area is 151 Å². The summed E-state index contributed by atoms with van der Waals surface area (Å²) in [5.74, 6) is 0. The molecule has 0 saturated heterocycles. The number of H-pyrrole nitrogens is 2. The molecule has 0 aliphatic heterocycles. The highest BCUT2D eigenvalue weighted by Crippen LogP contribution is 1.77. The van der Waals surface area contributed by atoms with Crippen LogP contribution in [0.4, 0.5) is 0 Å². The van der Waals surface area contributed by atoms with Crippen molar-refractivity contribution in [1.82, 2.24) is 60.3 Å². The van der Waals surface area contributed by atoms with Crippen molar-refractivity contribution >= 4 is 11.5 Å². The molecule has 0 atom stereocenters. The van der Waals surface area contributed by atoms with Crippen LogP contribution in [0.5, 0.6) is 0 Å². The van der Waals surface area contributed by atoms with Crippen molar-refractivity contribution in [2.45, 2.75) is 0 Å². The van der Waals surface area contributed by atoms with Crippen LogP contribution in [0.15, 0.2) is 78.7 Å². The summed E-state index contributed by atoms with van der Waals surface area (Å²) in [6.45, 7) is 0. The molecule has 0 spiro atoms. The highest BCUT2D eigenvalue weighted by Gasteiger charge is 1.61. The number of hydrogen-bond acceptors (Lipinski definition) is 12. The van der Waals surface area contributed by atoms with Gasteiger partial charge in [0, 0.05) is 12.4 Å². The van der Waals surface area contributed by atoms with E-state index < -0.39 is 0 Å². The van der Waals surface area contributed by atoms with Crippen LogP contribution < -0.4 is 0 Å². The summed E-state index contributed by atoms with van der Waals surface area (Å²) in [4.78, 5) is 14.4. The SMILES string of the molecule is c1ccncc1.c1nc[nH]n1.c1ncon1.c1ncsn1.c1nn[nH]n1. The molecule has 5 heterocycles. The van der Waals surface area contributed by atoms with E-state index >= 15 is 0 Å². The quantitative estimate of drug-likeness (QED) is 0.390. The molecule has 0 aliphatic carbocycles.